The molecule has 17 heavy (non-hydrogen) atoms. The predicted molar refractivity (Wildman–Crippen MR) is 58.1 cm³/mol. The minimum atomic E-state index is -0.899. The Bertz CT molecular complexity index is 421. The predicted octanol–water partition coefficient (Wildman–Crippen LogP) is -0.0478. The van der Waals surface area contributed by atoms with Crippen molar-refractivity contribution < 1.29 is 14.7 Å². The van der Waals surface area contributed by atoms with Gasteiger partial charge in [-0.2, -0.15) is 0 Å². The fraction of sp³-hybridized carbons (Fsp3) is 0.455. The molecule has 1 amide bonds. The third-order valence-corrected chi connectivity index (χ3v) is 2.85. The lowest BCUT2D eigenvalue weighted by atomic mass is 10.1. The van der Waals surface area contributed by atoms with E-state index in [2.05, 4.69) is 9.97 Å². The van der Waals surface area contributed by atoms with E-state index in [4.69, 9.17) is 5.11 Å². The van der Waals surface area contributed by atoms with Gasteiger partial charge in [0.25, 0.3) is 0 Å². The summed E-state index contributed by atoms with van der Waals surface area (Å²) in [5.74, 6) is -1.55. The molecule has 1 unspecified atom stereocenters. The van der Waals surface area contributed by atoms with Crippen LogP contribution >= 0.6 is 0 Å². The van der Waals surface area contributed by atoms with Crippen molar-refractivity contribution in [2.24, 2.45) is 5.92 Å². The standard InChI is InChI=1S/C11H13N3O3/c15-10-3-9(11(16)17)6-14(10)2-1-8-4-12-7-13-5-8/h4-5,7,9H,1-3,6H2,(H,16,17). The lowest BCUT2D eigenvalue weighted by molar-refractivity contribution is -0.141. The molecule has 0 aliphatic carbocycles. The second kappa shape index (κ2) is 4.90. The molecule has 6 nitrogen and oxygen atoms in total. The highest BCUT2D eigenvalue weighted by molar-refractivity contribution is 5.86. The average molecular weight is 235 g/mol. The molecule has 1 aromatic heterocycles. The molecule has 1 aromatic rings. The first-order valence-electron chi connectivity index (χ1n) is 5.41. The zero-order valence-corrected chi connectivity index (χ0v) is 9.24. The number of carbonyl (C=O) groups excluding carboxylic acids is 1. The number of rotatable bonds is 4. The fourth-order valence-electron chi connectivity index (χ4n) is 1.88. The molecular formula is C11H13N3O3. The Hall–Kier alpha value is -1.98. The van der Waals surface area contributed by atoms with E-state index in [9.17, 15) is 9.59 Å². The van der Waals surface area contributed by atoms with Gasteiger partial charge in [-0.1, -0.05) is 0 Å². The zero-order chi connectivity index (χ0) is 12.3. The number of hydrogen-bond donors (Lipinski definition) is 1. The van der Waals surface area contributed by atoms with E-state index < -0.39 is 11.9 Å². The largest absolute Gasteiger partial charge is 0.481 e. The molecule has 0 spiro atoms. The molecule has 0 bridgehead atoms. The number of aromatic nitrogens is 2. The molecule has 2 rings (SSSR count). The minimum absolute atomic E-state index is 0.0887. The molecule has 1 saturated heterocycles. The average Bonchev–Trinajstić information content (AvgIpc) is 2.70. The maximum atomic E-state index is 11.5. The number of amides is 1. The van der Waals surface area contributed by atoms with E-state index >= 15 is 0 Å². The summed E-state index contributed by atoms with van der Waals surface area (Å²) in [6.45, 7) is 0.831. The number of aliphatic carboxylic acids is 1. The molecule has 1 aliphatic rings. The van der Waals surface area contributed by atoms with Crippen LogP contribution < -0.4 is 0 Å². The normalized spacial score (nSPS) is 19.6. The summed E-state index contributed by atoms with van der Waals surface area (Å²) in [5, 5.41) is 8.84. The first-order chi connectivity index (χ1) is 8.16. The summed E-state index contributed by atoms with van der Waals surface area (Å²) in [6, 6.07) is 0. The second-order valence-corrected chi connectivity index (χ2v) is 4.08. The molecule has 90 valence electrons. The molecule has 1 aliphatic heterocycles. The second-order valence-electron chi connectivity index (χ2n) is 4.08. The Balaban J connectivity index is 1.88. The van der Waals surface area contributed by atoms with Gasteiger partial charge in [0, 0.05) is 31.9 Å². The molecule has 0 saturated carbocycles. The van der Waals surface area contributed by atoms with E-state index in [1.54, 1.807) is 17.3 Å². The minimum Gasteiger partial charge on any atom is -0.481 e. The topological polar surface area (TPSA) is 83.4 Å². The number of carboxylic acid groups (broad SMARTS) is 1. The Labute approximate surface area is 98.3 Å². The lowest BCUT2D eigenvalue weighted by Gasteiger charge is -2.15. The smallest absolute Gasteiger partial charge is 0.308 e. The van der Waals surface area contributed by atoms with Crippen LogP contribution in [0.4, 0.5) is 0 Å². The Kier molecular flexibility index (Phi) is 3.32. The van der Waals surface area contributed by atoms with Crippen molar-refractivity contribution in [3.8, 4) is 0 Å². The van der Waals surface area contributed by atoms with Gasteiger partial charge in [0.1, 0.15) is 6.33 Å². The van der Waals surface area contributed by atoms with Gasteiger partial charge in [0.15, 0.2) is 0 Å². The van der Waals surface area contributed by atoms with Crippen LogP contribution in [0.3, 0.4) is 0 Å². The third kappa shape index (κ3) is 2.77. The van der Waals surface area contributed by atoms with Crippen molar-refractivity contribution in [1.29, 1.82) is 0 Å². The molecule has 6 heteroatoms. The van der Waals surface area contributed by atoms with Gasteiger partial charge in [0.2, 0.25) is 5.91 Å². The summed E-state index contributed by atoms with van der Waals surface area (Å²) in [4.78, 5) is 31.7. The van der Waals surface area contributed by atoms with Crippen molar-refractivity contribution >= 4 is 11.9 Å². The maximum Gasteiger partial charge on any atom is 0.308 e. The van der Waals surface area contributed by atoms with Gasteiger partial charge in [-0.15, -0.1) is 0 Å². The Morgan fingerprint density at radius 1 is 1.47 bits per heavy atom. The monoisotopic (exact) mass is 235 g/mol. The molecule has 2 heterocycles. The quantitative estimate of drug-likeness (QED) is 0.791. The summed E-state index contributed by atoms with van der Waals surface area (Å²) >= 11 is 0. The van der Waals surface area contributed by atoms with Gasteiger partial charge >= 0.3 is 5.97 Å². The van der Waals surface area contributed by atoms with Crippen molar-refractivity contribution in [3.05, 3.63) is 24.3 Å². The highest BCUT2D eigenvalue weighted by Crippen LogP contribution is 2.18. The van der Waals surface area contributed by atoms with Gasteiger partial charge in [0.05, 0.1) is 5.92 Å². The molecule has 1 fully saturated rings. The van der Waals surface area contributed by atoms with Gasteiger partial charge < -0.3 is 10.0 Å². The number of carboxylic acids is 1. The number of likely N-dealkylation sites (tertiary alicyclic amines) is 1. The molecule has 0 aromatic carbocycles. The van der Waals surface area contributed by atoms with Crippen LogP contribution in [0.5, 0.6) is 0 Å². The van der Waals surface area contributed by atoms with Crippen LogP contribution in [0.15, 0.2) is 18.7 Å². The molecular weight excluding hydrogens is 222 g/mol. The van der Waals surface area contributed by atoms with Gasteiger partial charge in [-0.05, 0) is 12.0 Å². The first-order valence-corrected chi connectivity index (χ1v) is 5.41. The van der Waals surface area contributed by atoms with Crippen molar-refractivity contribution in [3.63, 3.8) is 0 Å². The SMILES string of the molecule is O=C(O)C1CC(=O)N(CCc2cncnc2)C1. The van der Waals surface area contributed by atoms with Crippen LogP contribution in [0.2, 0.25) is 0 Å². The van der Waals surface area contributed by atoms with Crippen LogP contribution in [0, 0.1) is 5.92 Å². The summed E-state index contributed by atoms with van der Waals surface area (Å²) in [5.41, 5.74) is 0.944. The molecule has 1 N–H and O–H groups in total. The van der Waals surface area contributed by atoms with E-state index in [0.29, 0.717) is 19.5 Å². The van der Waals surface area contributed by atoms with Crippen LogP contribution in [0.1, 0.15) is 12.0 Å². The summed E-state index contributed by atoms with van der Waals surface area (Å²) < 4.78 is 0. The van der Waals surface area contributed by atoms with Gasteiger partial charge in [-0.3, -0.25) is 9.59 Å². The lowest BCUT2D eigenvalue weighted by Crippen LogP contribution is -2.28. The Morgan fingerprint density at radius 3 is 2.76 bits per heavy atom. The highest BCUT2D eigenvalue weighted by Gasteiger charge is 2.33. The number of hydrogen-bond acceptors (Lipinski definition) is 4. The van der Waals surface area contributed by atoms with Crippen molar-refractivity contribution in [2.45, 2.75) is 12.8 Å². The summed E-state index contributed by atoms with van der Waals surface area (Å²) in [7, 11) is 0. The van der Waals surface area contributed by atoms with E-state index in [-0.39, 0.29) is 12.3 Å². The Morgan fingerprint density at radius 2 is 2.18 bits per heavy atom. The van der Waals surface area contributed by atoms with Crippen LogP contribution in [-0.4, -0.2) is 44.9 Å². The van der Waals surface area contributed by atoms with Crippen molar-refractivity contribution in [2.75, 3.05) is 13.1 Å². The van der Waals surface area contributed by atoms with Gasteiger partial charge in [-0.25, -0.2) is 9.97 Å². The number of nitrogens with zero attached hydrogens (tertiary/aromatic N) is 3. The van der Waals surface area contributed by atoms with E-state index in [1.807, 2.05) is 0 Å². The van der Waals surface area contributed by atoms with E-state index in [0.717, 1.165) is 5.56 Å². The van der Waals surface area contributed by atoms with Crippen LogP contribution in [-0.2, 0) is 16.0 Å². The third-order valence-electron chi connectivity index (χ3n) is 2.85. The van der Waals surface area contributed by atoms with Crippen LogP contribution in [0.25, 0.3) is 0 Å². The maximum absolute atomic E-state index is 11.5. The summed E-state index contributed by atoms with van der Waals surface area (Å²) in [6.07, 6.45) is 5.61. The van der Waals surface area contributed by atoms with E-state index in [1.165, 1.54) is 6.33 Å². The molecule has 1 atom stereocenters. The molecule has 0 radical (unpaired) electrons. The fourth-order valence-corrected chi connectivity index (χ4v) is 1.88. The number of carbonyl (C=O) groups is 2. The van der Waals surface area contributed by atoms with Crippen molar-refractivity contribution in [1.82, 2.24) is 14.9 Å². The highest BCUT2D eigenvalue weighted by atomic mass is 16.4. The zero-order valence-electron chi connectivity index (χ0n) is 9.24. The first kappa shape index (κ1) is 11.5.